The van der Waals surface area contributed by atoms with E-state index in [1.165, 1.54) is 11.3 Å². The van der Waals surface area contributed by atoms with E-state index in [-0.39, 0.29) is 5.91 Å². The average Bonchev–Trinajstić information content (AvgIpc) is 3.01. The molecule has 2 N–H and O–H groups in total. The average molecular weight is 286 g/mol. The summed E-state index contributed by atoms with van der Waals surface area (Å²) in [4.78, 5) is 12.7. The maximum atomic E-state index is 11.8. The molecule has 2 rings (SSSR count). The number of carbonyl (C=O) groups excluding carboxylic acids is 1. The highest BCUT2D eigenvalue weighted by Gasteiger charge is 2.10. The summed E-state index contributed by atoms with van der Waals surface area (Å²) in [7, 11) is 0. The Bertz CT molecular complexity index is 600. The molecule has 0 unspecified atom stereocenters. The van der Waals surface area contributed by atoms with Crippen molar-refractivity contribution in [3.05, 3.63) is 57.8 Å². The molecule has 1 heterocycles. The SMILES string of the molecule is N#Cc1ccc(C(=O)NCC[C@@H](O)c2cccs2)cc1. The van der Waals surface area contributed by atoms with Gasteiger partial charge in [-0.25, -0.2) is 0 Å². The number of amides is 1. The van der Waals surface area contributed by atoms with Crippen molar-refractivity contribution in [3.8, 4) is 6.07 Å². The van der Waals surface area contributed by atoms with Crippen LogP contribution in [-0.4, -0.2) is 17.6 Å². The second kappa shape index (κ2) is 6.85. The highest BCUT2D eigenvalue weighted by molar-refractivity contribution is 7.10. The third-order valence-corrected chi connectivity index (χ3v) is 3.82. The number of benzene rings is 1. The van der Waals surface area contributed by atoms with Crippen LogP contribution in [0.4, 0.5) is 0 Å². The minimum atomic E-state index is -0.545. The molecule has 2 aromatic rings. The Hall–Kier alpha value is -2.16. The summed E-state index contributed by atoms with van der Waals surface area (Å²) in [6.07, 6.45) is -0.0704. The minimum absolute atomic E-state index is 0.201. The van der Waals surface area contributed by atoms with Gasteiger partial charge in [0.25, 0.3) is 5.91 Å². The lowest BCUT2D eigenvalue weighted by atomic mass is 10.1. The lowest BCUT2D eigenvalue weighted by Crippen LogP contribution is -2.25. The van der Waals surface area contributed by atoms with Gasteiger partial charge in [-0.1, -0.05) is 6.07 Å². The zero-order chi connectivity index (χ0) is 14.4. The van der Waals surface area contributed by atoms with Crippen LogP contribution >= 0.6 is 11.3 Å². The number of aliphatic hydroxyl groups excluding tert-OH is 1. The molecule has 5 heteroatoms. The fourth-order valence-electron chi connectivity index (χ4n) is 1.74. The Kier molecular flexibility index (Phi) is 4.88. The Morgan fingerprint density at radius 3 is 2.70 bits per heavy atom. The molecule has 1 amide bonds. The van der Waals surface area contributed by atoms with Gasteiger partial charge in [0, 0.05) is 17.0 Å². The Labute approximate surface area is 121 Å². The van der Waals surface area contributed by atoms with Crippen LogP contribution in [0.25, 0.3) is 0 Å². The zero-order valence-electron chi connectivity index (χ0n) is 10.7. The summed E-state index contributed by atoms with van der Waals surface area (Å²) in [5, 5.41) is 23.2. The van der Waals surface area contributed by atoms with Crippen molar-refractivity contribution in [1.29, 1.82) is 5.26 Å². The monoisotopic (exact) mass is 286 g/mol. The first-order valence-corrected chi connectivity index (χ1v) is 7.08. The van der Waals surface area contributed by atoms with Gasteiger partial charge in [0.1, 0.15) is 0 Å². The summed E-state index contributed by atoms with van der Waals surface area (Å²) < 4.78 is 0. The normalized spacial score (nSPS) is 11.6. The Morgan fingerprint density at radius 1 is 1.35 bits per heavy atom. The highest BCUT2D eigenvalue weighted by Crippen LogP contribution is 2.20. The predicted molar refractivity (Wildman–Crippen MR) is 77.4 cm³/mol. The summed E-state index contributed by atoms with van der Waals surface area (Å²) in [6.45, 7) is 0.401. The van der Waals surface area contributed by atoms with E-state index in [0.717, 1.165) is 4.88 Å². The van der Waals surface area contributed by atoms with Crippen molar-refractivity contribution >= 4 is 17.2 Å². The molecule has 0 radical (unpaired) electrons. The van der Waals surface area contributed by atoms with E-state index in [0.29, 0.717) is 24.1 Å². The number of nitriles is 1. The molecule has 102 valence electrons. The Morgan fingerprint density at radius 2 is 2.10 bits per heavy atom. The van der Waals surface area contributed by atoms with Crippen molar-refractivity contribution in [2.75, 3.05) is 6.54 Å². The fraction of sp³-hybridized carbons (Fsp3) is 0.200. The summed E-state index contributed by atoms with van der Waals surface area (Å²) in [5.74, 6) is -0.201. The topological polar surface area (TPSA) is 73.1 Å². The maximum absolute atomic E-state index is 11.8. The van der Waals surface area contributed by atoms with Gasteiger partial charge in [-0.15, -0.1) is 11.3 Å². The van der Waals surface area contributed by atoms with Gasteiger partial charge in [0.2, 0.25) is 0 Å². The van der Waals surface area contributed by atoms with Gasteiger partial charge in [-0.3, -0.25) is 4.79 Å². The lowest BCUT2D eigenvalue weighted by molar-refractivity contribution is 0.0943. The van der Waals surface area contributed by atoms with Crippen LogP contribution in [0, 0.1) is 11.3 Å². The van der Waals surface area contributed by atoms with Gasteiger partial charge in [-0.2, -0.15) is 5.26 Å². The van der Waals surface area contributed by atoms with E-state index in [2.05, 4.69) is 5.32 Å². The molecule has 1 atom stereocenters. The number of hydrogen-bond donors (Lipinski definition) is 2. The second-order valence-electron chi connectivity index (χ2n) is 4.26. The summed E-state index contributed by atoms with van der Waals surface area (Å²) in [5.41, 5.74) is 1.03. The van der Waals surface area contributed by atoms with E-state index >= 15 is 0 Å². The number of aliphatic hydroxyl groups is 1. The summed E-state index contributed by atoms with van der Waals surface area (Å²) >= 11 is 1.50. The number of hydrogen-bond acceptors (Lipinski definition) is 4. The van der Waals surface area contributed by atoms with Crippen molar-refractivity contribution in [2.45, 2.75) is 12.5 Å². The van der Waals surface area contributed by atoms with Crippen LogP contribution in [0.3, 0.4) is 0 Å². The van der Waals surface area contributed by atoms with E-state index in [1.807, 2.05) is 23.6 Å². The molecule has 1 aromatic carbocycles. The standard InChI is InChI=1S/C15H14N2O2S/c16-10-11-3-5-12(6-4-11)15(19)17-8-7-13(18)14-2-1-9-20-14/h1-6,9,13,18H,7-8H2,(H,17,19)/t13-/m1/s1. The van der Waals surface area contributed by atoms with Gasteiger partial charge in [0.15, 0.2) is 0 Å². The fourth-order valence-corrected chi connectivity index (χ4v) is 2.49. The van der Waals surface area contributed by atoms with Crippen LogP contribution in [0.5, 0.6) is 0 Å². The van der Waals surface area contributed by atoms with Gasteiger partial charge >= 0.3 is 0 Å². The van der Waals surface area contributed by atoms with Gasteiger partial charge in [0.05, 0.1) is 17.7 Å². The first-order valence-electron chi connectivity index (χ1n) is 6.20. The second-order valence-corrected chi connectivity index (χ2v) is 5.24. The molecule has 0 aliphatic rings. The smallest absolute Gasteiger partial charge is 0.251 e. The molecule has 4 nitrogen and oxygen atoms in total. The van der Waals surface area contributed by atoms with E-state index < -0.39 is 6.10 Å². The first-order chi connectivity index (χ1) is 9.70. The molecule has 20 heavy (non-hydrogen) atoms. The number of thiophene rings is 1. The van der Waals surface area contributed by atoms with Crippen molar-refractivity contribution < 1.29 is 9.90 Å². The van der Waals surface area contributed by atoms with Crippen molar-refractivity contribution in [2.24, 2.45) is 0 Å². The molecular formula is C15H14N2O2S. The van der Waals surface area contributed by atoms with Crippen molar-refractivity contribution in [3.63, 3.8) is 0 Å². The highest BCUT2D eigenvalue weighted by atomic mass is 32.1. The molecular weight excluding hydrogens is 272 g/mol. The maximum Gasteiger partial charge on any atom is 0.251 e. The number of nitrogens with one attached hydrogen (secondary N) is 1. The third-order valence-electron chi connectivity index (χ3n) is 2.85. The molecule has 0 bridgehead atoms. The van der Waals surface area contributed by atoms with Gasteiger partial charge < -0.3 is 10.4 Å². The van der Waals surface area contributed by atoms with Crippen LogP contribution in [0.1, 0.15) is 33.3 Å². The van der Waals surface area contributed by atoms with Crippen LogP contribution in [0.2, 0.25) is 0 Å². The number of rotatable bonds is 5. The number of nitrogens with zero attached hydrogens (tertiary/aromatic N) is 1. The van der Waals surface area contributed by atoms with E-state index in [9.17, 15) is 9.90 Å². The van der Waals surface area contributed by atoms with Crippen LogP contribution in [-0.2, 0) is 0 Å². The lowest BCUT2D eigenvalue weighted by Gasteiger charge is -2.09. The van der Waals surface area contributed by atoms with Crippen molar-refractivity contribution in [1.82, 2.24) is 5.32 Å². The quantitative estimate of drug-likeness (QED) is 0.886. The summed E-state index contributed by atoms with van der Waals surface area (Å²) in [6, 6.07) is 12.2. The molecule has 1 aromatic heterocycles. The molecule has 0 fully saturated rings. The molecule has 0 saturated carbocycles. The predicted octanol–water partition coefficient (Wildman–Crippen LogP) is 2.47. The zero-order valence-corrected chi connectivity index (χ0v) is 11.6. The molecule has 0 saturated heterocycles. The van der Waals surface area contributed by atoms with E-state index in [1.54, 1.807) is 24.3 Å². The minimum Gasteiger partial charge on any atom is -0.388 e. The Balaban J connectivity index is 1.81. The largest absolute Gasteiger partial charge is 0.388 e. The number of carbonyl (C=O) groups is 1. The van der Waals surface area contributed by atoms with Gasteiger partial charge in [-0.05, 0) is 42.1 Å². The third kappa shape index (κ3) is 3.67. The molecule has 0 aliphatic carbocycles. The van der Waals surface area contributed by atoms with Crippen LogP contribution < -0.4 is 5.32 Å². The van der Waals surface area contributed by atoms with Crippen LogP contribution in [0.15, 0.2) is 41.8 Å². The molecule has 0 spiro atoms. The van der Waals surface area contributed by atoms with E-state index in [4.69, 9.17) is 5.26 Å². The molecule has 0 aliphatic heterocycles. The first kappa shape index (κ1) is 14.3.